The number of fused-ring (bicyclic) bond motifs is 3. The summed E-state index contributed by atoms with van der Waals surface area (Å²) < 4.78 is 0. The smallest absolute Gasteiger partial charge is 0.140 e. The van der Waals surface area contributed by atoms with E-state index in [-0.39, 0.29) is 29.1 Å². The maximum absolute atomic E-state index is 12.6. The van der Waals surface area contributed by atoms with Crippen LogP contribution in [0.25, 0.3) is 0 Å². The lowest BCUT2D eigenvalue weighted by molar-refractivity contribution is -0.145. The van der Waals surface area contributed by atoms with Crippen molar-refractivity contribution in [3.05, 3.63) is 12.2 Å². The highest BCUT2D eigenvalue weighted by atomic mass is 16.1. The van der Waals surface area contributed by atoms with E-state index in [9.17, 15) is 9.59 Å². The van der Waals surface area contributed by atoms with Crippen molar-refractivity contribution in [3.8, 4) is 0 Å². The summed E-state index contributed by atoms with van der Waals surface area (Å²) in [4.78, 5) is 25.0. The van der Waals surface area contributed by atoms with Crippen LogP contribution in [0.4, 0.5) is 0 Å². The van der Waals surface area contributed by atoms with Crippen molar-refractivity contribution in [1.82, 2.24) is 0 Å². The van der Waals surface area contributed by atoms with Crippen LogP contribution in [0.3, 0.4) is 0 Å². The molecule has 2 saturated carbocycles. The third-order valence-corrected chi connectivity index (χ3v) is 5.84. The van der Waals surface area contributed by atoms with E-state index in [0.29, 0.717) is 23.9 Å². The number of hydrogen-bond donors (Lipinski definition) is 0. The third-order valence-electron chi connectivity index (χ3n) is 5.84. The highest BCUT2D eigenvalue weighted by molar-refractivity contribution is 5.93. The zero-order valence-corrected chi connectivity index (χ0v) is 12.2. The lowest BCUT2D eigenvalue weighted by Crippen LogP contribution is -2.51. The lowest BCUT2D eigenvalue weighted by atomic mass is 9.52. The SMILES string of the molecule is C[C@H]1CC[C@@H]2C=C[C@@H]3[C@H](C(=O)CCC3(C)C)[C@H]2C1=O. The summed E-state index contributed by atoms with van der Waals surface area (Å²) in [6.07, 6.45) is 8.18. The fraction of sp³-hybridized carbons (Fsp3) is 0.765. The van der Waals surface area contributed by atoms with E-state index in [0.717, 1.165) is 19.3 Å². The van der Waals surface area contributed by atoms with E-state index in [1.807, 2.05) is 6.92 Å². The molecule has 3 rings (SSSR count). The van der Waals surface area contributed by atoms with Gasteiger partial charge in [0.2, 0.25) is 0 Å². The molecule has 0 bridgehead atoms. The molecule has 0 heterocycles. The summed E-state index contributed by atoms with van der Waals surface area (Å²) in [5.41, 5.74) is 0.154. The van der Waals surface area contributed by atoms with Crippen molar-refractivity contribution in [1.29, 1.82) is 0 Å². The molecule has 2 fully saturated rings. The van der Waals surface area contributed by atoms with Gasteiger partial charge in [-0.3, -0.25) is 9.59 Å². The van der Waals surface area contributed by atoms with Crippen molar-refractivity contribution in [2.45, 2.75) is 46.5 Å². The topological polar surface area (TPSA) is 34.1 Å². The third kappa shape index (κ3) is 1.91. The molecule has 0 spiro atoms. The molecule has 2 heteroatoms. The van der Waals surface area contributed by atoms with Gasteiger partial charge in [0.1, 0.15) is 11.6 Å². The molecule has 5 atom stereocenters. The first-order valence-electron chi connectivity index (χ1n) is 7.66. The fourth-order valence-corrected chi connectivity index (χ4v) is 4.49. The summed E-state index contributed by atoms with van der Waals surface area (Å²) in [7, 11) is 0. The van der Waals surface area contributed by atoms with Gasteiger partial charge in [0, 0.05) is 24.2 Å². The van der Waals surface area contributed by atoms with Gasteiger partial charge in [-0.1, -0.05) is 32.9 Å². The highest BCUT2D eigenvalue weighted by Crippen LogP contribution is 2.52. The second-order valence-electron chi connectivity index (χ2n) is 7.46. The van der Waals surface area contributed by atoms with Gasteiger partial charge in [-0.05, 0) is 36.5 Å². The molecular weight excluding hydrogens is 236 g/mol. The van der Waals surface area contributed by atoms with Gasteiger partial charge >= 0.3 is 0 Å². The number of rotatable bonds is 0. The van der Waals surface area contributed by atoms with Crippen LogP contribution in [-0.2, 0) is 9.59 Å². The van der Waals surface area contributed by atoms with Gasteiger partial charge in [0.05, 0.1) is 0 Å². The Labute approximate surface area is 115 Å². The van der Waals surface area contributed by atoms with E-state index < -0.39 is 0 Å². The molecule has 0 radical (unpaired) electrons. The molecule has 0 aromatic carbocycles. The lowest BCUT2D eigenvalue weighted by Gasteiger charge is -2.50. The average Bonchev–Trinajstić information content (AvgIpc) is 2.38. The van der Waals surface area contributed by atoms with E-state index >= 15 is 0 Å². The number of carbonyl (C=O) groups excluding carboxylic acids is 2. The normalized spacial score (nSPS) is 44.7. The van der Waals surface area contributed by atoms with Crippen LogP contribution in [-0.4, -0.2) is 11.6 Å². The Hall–Kier alpha value is -0.920. The van der Waals surface area contributed by atoms with Crippen LogP contribution in [0.15, 0.2) is 12.2 Å². The van der Waals surface area contributed by atoms with Crippen LogP contribution in [0, 0.1) is 35.0 Å². The number of carbonyl (C=O) groups is 2. The summed E-state index contributed by atoms with van der Waals surface area (Å²) in [5.74, 6) is 1.37. The summed E-state index contributed by atoms with van der Waals surface area (Å²) in [6, 6.07) is 0. The van der Waals surface area contributed by atoms with Crippen LogP contribution in [0.1, 0.15) is 46.5 Å². The van der Waals surface area contributed by atoms with Gasteiger partial charge in [-0.2, -0.15) is 0 Å². The molecule has 3 aliphatic carbocycles. The largest absolute Gasteiger partial charge is 0.299 e. The second kappa shape index (κ2) is 4.29. The summed E-state index contributed by atoms with van der Waals surface area (Å²) >= 11 is 0. The molecule has 19 heavy (non-hydrogen) atoms. The Morgan fingerprint density at radius 2 is 1.84 bits per heavy atom. The van der Waals surface area contributed by atoms with Gasteiger partial charge in [-0.15, -0.1) is 0 Å². The van der Waals surface area contributed by atoms with E-state index in [4.69, 9.17) is 0 Å². The summed E-state index contributed by atoms with van der Waals surface area (Å²) in [6.45, 7) is 6.53. The first-order chi connectivity index (χ1) is 8.92. The first kappa shape index (κ1) is 13.1. The van der Waals surface area contributed by atoms with Gasteiger partial charge in [0.15, 0.2) is 0 Å². The van der Waals surface area contributed by atoms with Crippen molar-refractivity contribution in [2.75, 3.05) is 0 Å². The number of allylic oxidation sites excluding steroid dienone is 2. The van der Waals surface area contributed by atoms with Crippen LogP contribution in [0.2, 0.25) is 0 Å². The molecule has 3 aliphatic rings. The average molecular weight is 260 g/mol. The van der Waals surface area contributed by atoms with Gasteiger partial charge in [0.25, 0.3) is 0 Å². The maximum atomic E-state index is 12.6. The zero-order valence-electron chi connectivity index (χ0n) is 12.2. The molecule has 0 aromatic heterocycles. The monoisotopic (exact) mass is 260 g/mol. The molecule has 0 aliphatic heterocycles. The van der Waals surface area contributed by atoms with Crippen LogP contribution < -0.4 is 0 Å². The van der Waals surface area contributed by atoms with E-state index in [2.05, 4.69) is 26.0 Å². The molecule has 0 unspecified atom stereocenters. The maximum Gasteiger partial charge on any atom is 0.140 e. The van der Waals surface area contributed by atoms with Crippen molar-refractivity contribution >= 4 is 11.6 Å². The Kier molecular flexibility index (Phi) is 2.95. The summed E-state index contributed by atoms with van der Waals surface area (Å²) in [5, 5.41) is 0. The highest BCUT2D eigenvalue weighted by Gasteiger charge is 2.52. The zero-order chi connectivity index (χ0) is 13.8. The molecule has 0 N–H and O–H groups in total. The fourth-order valence-electron chi connectivity index (χ4n) is 4.49. The minimum absolute atomic E-state index is 0.0224. The molecule has 2 nitrogen and oxygen atoms in total. The molecule has 0 amide bonds. The molecular formula is C17H24O2. The minimum atomic E-state index is -0.0333. The molecule has 0 aromatic rings. The Bertz CT molecular complexity index is 446. The standard InChI is InChI=1S/C17H24O2/c1-10-4-5-11-6-7-12-15(14(11)16(10)19)13(18)8-9-17(12,2)3/h6-7,10-12,14-15H,4-5,8-9H2,1-3H3/t10-,11+,12+,14-,15+/m0/s1. The predicted octanol–water partition coefficient (Wildman–Crippen LogP) is 3.41. The number of hydrogen-bond acceptors (Lipinski definition) is 2. The molecule has 104 valence electrons. The van der Waals surface area contributed by atoms with E-state index in [1.54, 1.807) is 0 Å². The van der Waals surface area contributed by atoms with Crippen LogP contribution >= 0.6 is 0 Å². The second-order valence-corrected chi connectivity index (χ2v) is 7.46. The van der Waals surface area contributed by atoms with E-state index in [1.165, 1.54) is 0 Å². The first-order valence-corrected chi connectivity index (χ1v) is 7.66. The molecule has 0 saturated heterocycles. The Morgan fingerprint density at radius 3 is 2.58 bits per heavy atom. The number of Topliss-reactive ketones (excluding diaryl/α,β-unsaturated/α-hetero) is 2. The van der Waals surface area contributed by atoms with Gasteiger partial charge < -0.3 is 0 Å². The minimum Gasteiger partial charge on any atom is -0.299 e. The van der Waals surface area contributed by atoms with Gasteiger partial charge in [-0.25, -0.2) is 0 Å². The van der Waals surface area contributed by atoms with Crippen molar-refractivity contribution < 1.29 is 9.59 Å². The van der Waals surface area contributed by atoms with Crippen molar-refractivity contribution in [3.63, 3.8) is 0 Å². The predicted molar refractivity (Wildman–Crippen MR) is 74.5 cm³/mol. The quantitative estimate of drug-likeness (QED) is 0.625. The Morgan fingerprint density at radius 1 is 1.11 bits per heavy atom. The Balaban J connectivity index is 2.02. The number of ketones is 2. The van der Waals surface area contributed by atoms with Crippen molar-refractivity contribution in [2.24, 2.45) is 35.0 Å². The van der Waals surface area contributed by atoms with Crippen LogP contribution in [0.5, 0.6) is 0 Å².